The minimum absolute atomic E-state index is 0.0193. The van der Waals surface area contributed by atoms with Gasteiger partial charge in [-0.15, -0.1) is 22.0 Å². The predicted octanol–water partition coefficient (Wildman–Crippen LogP) is 5.05. The minimum atomic E-state index is -4.45. The van der Waals surface area contributed by atoms with Gasteiger partial charge in [0.25, 0.3) is 0 Å². The number of anilines is 1. The van der Waals surface area contributed by atoms with Crippen molar-refractivity contribution in [2.75, 3.05) is 11.6 Å². The zero-order chi connectivity index (χ0) is 20.1. The molecule has 0 spiro atoms. The van der Waals surface area contributed by atoms with E-state index in [1.807, 2.05) is 30.5 Å². The molecule has 0 saturated carbocycles. The Balaban J connectivity index is 1.59. The summed E-state index contributed by atoms with van der Waals surface area (Å²) in [5, 5.41) is 10.3. The van der Waals surface area contributed by atoms with Crippen molar-refractivity contribution in [3.63, 3.8) is 0 Å². The molecular formula is C19H16F3N3O2S. The van der Waals surface area contributed by atoms with E-state index < -0.39 is 11.7 Å². The maximum Gasteiger partial charge on any atom is 0.416 e. The Morgan fingerprint density at radius 2 is 1.89 bits per heavy atom. The first-order valence-electron chi connectivity index (χ1n) is 8.29. The molecule has 0 aliphatic rings. The number of nitrogens with zero attached hydrogens (tertiary/aromatic N) is 2. The number of thioether (sulfide) groups is 1. The van der Waals surface area contributed by atoms with Crippen LogP contribution in [0.25, 0.3) is 11.5 Å². The fraction of sp³-hybridized carbons (Fsp3) is 0.211. The number of nitrogens with one attached hydrogen (secondary N) is 1. The van der Waals surface area contributed by atoms with Gasteiger partial charge in [0.05, 0.1) is 5.56 Å². The number of benzene rings is 2. The van der Waals surface area contributed by atoms with E-state index in [1.165, 1.54) is 12.1 Å². The molecule has 0 radical (unpaired) electrons. The van der Waals surface area contributed by atoms with E-state index in [-0.39, 0.29) is 36.1 Å². The number of hydrogen-bond donors (Lipinski definition) is 1. The summed E-state index contributed by atoms with van der Waals surface area (Å²) in [6.07, 6.45) is -2.20. The summed E-state index contributed by atoms with van der Waals surface area (Å²) in [4.78, 5) is 13.1. The lowest BCUT2D eigenvalue weighted by Crippen LogP contribution is -2.12. The molecule has 2 aromatic carbocycles. The Morgan fingerprint density at radius 3 is 2.57 bits per heavy atom. The zero-order valence-corrected chi connectivity index (χ0v) is 15.6. The fourth-order valence-corrected chi connectivity index (χ4v) is 2.83. The quantitative estimate of drug-likeness (QED) is 0.579. The van der Waals surface area contributed by atoms with E-state index in [2.05, 4.69) is 15.5 Å². The molecule has 0 atom stereocenters. The van der Waals surface area contributed by atoms with Crippen LogP contribution in [0.3, 0.4) is 0 Å². The topological polar surface area (TPSA) is 68.0 Å². The van der Waals surface area contributed by atoms with Gasteiger partial charge in [0.15, 0.2) is 0 Å². The van der Waals surface area contributed by atoms with Gasteiger partial charge in [-0.3, -0.25) is 4.79 Å². The second-order valence-corrected chi connectivity index (χ2v) is 6.74. The highest BCUT2D eigenvalue weighted by molar-refractivity contribution is 7.98. The summed E-state index contributed by atoms with van der Waals surface area (Å²) >= 11 is 1.60. The van der Waals surface area contributed by atoms with E-state index in [4.69, 9.17) is 4.42 Å². The molecule has 9 heteroatoms. The van der Waals surface area contributed by atoms with Crippen molar-refractivity contribution in [3.05, 3.63) is 60.0 Å². The Bertz CT molecular complexity index is 956. The Hall–Kier alpha value is -2.81. The lowest BCUT2D eigenvalue weighted by atomic mass is 10.1. The van der Waals surface area contributed by atoms with Crippen molar-refractivity contribution in [2.45, 2.75) is 23.9 Å². The molecule has 0 unspecified atom stereocenters. The number of aryl methyl sites for hydroxylation is 1. The van der Waals surface area contributed by atoms with Crippen molar-refractivity contribution in [3.8, 4) is 11.5 Å². The number of alkyl halides is 3. The number of carbonyl (C=O) groups excluding carboxylic acids is 1. The van der Waals surface area contributed by atoms with Crippen molar-refractivity contribution in [1.29, 1.82) is 0 Å². The van der Waals surface area contributed by atoms with Gasteiger partial charge in [-0.1, -0.05) is 6.07 Å². The lowest BCUT2D eigenvalue weighted by molar-refractivity contribution is -0.137. The average Bonchev–Trinajstić information content (AvgIpc) is 3.16. The molecule has 0 bridgehead atoms. The number of rotatable bonds is 6. The van der Waals surface area contributed by atoms with Crippen molar-refractivity contribution >= 4 is 23.4 Å². The number of hydrogen-bond acceptors (Lipinski definition) is 5. The van der Waals surface area contributed by atoms with Crippen LogP contribution in [0.2, 0.25) is 0 Å². The normalized spacial score (nSPS) is 11.4. The molecule has 5 nitrogen and oxygen atoms in total. The largest absolute Gasteiger partial charge is 0.421 e. The van der Waals surface area contributed by atoms with Crippen LogP contribution < -0.4 is 5.32 Å². The highest BCUT2D eigenvalue weighted by Crippen LogP contribution is 2.31. The molecule has 1 N–H and O–H groups in total. The van der Waals surface area contributed by atoms with Crippen LogP contribution in [0, 0.1) is 0 Å². The molecule has 1 heterocycles. The Labute approximate surface area is 163 Å². The highest BCUT2D eigenvalue weighted by Gasteiger charge is 2.30. The molecule has 3 aromatic rings. The molecule has 146 valence electrons. The smallest absolute Gasteiger partial charge is 0.416 e. The summed E-state index contributed by atoms with van der Waals surface area (Å²) in [5.74, 6) is -0.0647. The molecule has 0 aliphatic carbocycles. The van der Waals surface area contributed by atoms with Crippen LogP contribution in [0.1, 0.15) is 17.9 Å². The molecule has 28 heavy (non-hydrogen) atoms. The Morgan fingerprint density at radius 1 is 1.14 bits per heavy atom. The Kier molecular flexibility index (Phi) is 6.03. The SMILES string of the molecule is CSc1ccc(NC(=O)CCc2nnc(-c3cccc(C(F)(F)F)c3)o2)cc1. The number of halogens is 3. The van der Waals surface area contributed by atoms with Gasteiger partial charge in [0.2, 0.25) is 17.7 Å². The standard InChI is InChI=1S/C19H16F3N3O2S/c1-28-15-7-5-14(6-8-15)23-16(26)9-10-17-24-25-18(27-17)12-3-2-4-13(11-12)19(20,21)22/h2-8,11H,9-10H2,1H3,(H,23,26). The monoisotopic (exact) mass is 407 g/mol. The van der Waals surface area contributed by atoms with Gasteiger partial charge in [0.1, 0.15) is 0 Å². The first-order valence-corrected chi connectivity index (χ1v) is 9.51. The van der Waals surface area contributed by atoms with Gasteiger partial charge >= 0.3 is 6.18 Å². The third-order valence-electron chi connectivity index (χ3n) is 3.84. The summed E-state index contributed by atoms with van der Waals surface area (Å²) in [7, 11) is 0. The van der Waals surface area contributed by atoms with Crippen molar-refractivity contribution in [1.82, 2.24) is 10.2 Å². The average molecular weight is 407 g/mol. The summed E-state index contributed by atoms with van der Waals surface area (Å²) < 4.78 is 43.8. The first kappa shape index (κ1) is 19.9. The first-order chi connectivity index (χ1) is 13.3. The van der Waals surface area contributed by atoms with Gasteiger partial charge in [0, 0.05) is 29.0 Å². The van der Waals surface area contributed by atoms with Gasteiger partial charge < -0.3 is 9.73 Å². The van der Waals surface area contributed by atoms with Gasteiger partial charge in [-0.2, -0.15) is 13.2 Å². The van der Waals surface area contributed by atoms with Gasteiger partial charge in [-0.25, -0.2) is 0 Å². The third-order valence-corrected chi connectivity index (χ3v) is 4.59. The third kappa shape index (κ3) is 5.13. The van der Waals surface area contributed by atoms with Gasteiger partial charge in [-0.05, 0) is 48.7 Å². The summed E-state index contributed by atoms with van der Waals surface area (Å²) in [6, 6.07) is 12.1. The van der Waals surface area contributed by atoms with E-state index in [0.717, 1.165) is 17.0 Å². The maximum atomic E-state index is 12.8. The van der Waals surface area contributed by atoms with Crippen LogP contribution in [0.5, 0.6) is 0 Å². The van der Waals surface area contributed by atoms with Crippen LogP contribution in [-0.4, -0.2) is 22.4 Å². The second-order valence-electron chi connectivity index (χ2n) is 5.86. The van der Waals surface area contributed by atoms with Crippen molar-refractivity contribution in [2.24, 2.45) is 0 Å². The van der Waals surface area contributed by atoms with Crippen LogP contribution in [0.15, 0.2) is 57.8 Å². The molecule has 3 rings (SSSR count). The molecule has 0 aliphatic heterocycles. The molecule has 1 amide bonds. The van der Waals surface area contributed by atoms with E-state index in [9.17, 15) is 18.0 Å². The fourth-order valence-electron chi connectivity index (χ4n) is 2.42. The van der Waals surface area contributed by atoms with E-state index in [0.29, 0.717) is 5.69 Å². The minimum Gasteiger partial charge on any atom is -0.421 e. The zero-order valence-electron chi connectivity index (χ0n) is 14.8. The summed E-state index contributed by atoms with van der Waals surface area (Å²) in [6.45, 7) is 0. The molecule has 0 saturated heterocycles. The van der Waals surface area contributed by atoms with E-state index in [1.54, 1.807) is 11.8 Å². The van der Waals surface area contributed by atoms with Crippen LogP contribution in [0.4, 0.5) is 18.9 Å². The van der Waals surface area contributed by atoms with Crippen LogP contribution in [-0.2, 0) is 17.4 Å². The van der Waals surface area contributed by atoms with E-state index >= 15 is 0 Å². The molecular weight excluding hydrogens is 391 g/mol. The highest BCUT2D eigenvalue weighted by atomic mass is 32.2. The van der Waals surface area contributed by atoms with Crippen molar-refractivity contribution < 1.29 is 22.4 Å². The summed E-state index contributed by atoms with van der Waals surface area (Å²) in [5.41, 5.74) is 0.0570. The second kappa shape index (κ2) is 8.47. The molecule has 0 fully saturated rings. The predicted molar refractivity (Wildman–Crippen MR) is 99.9 cm³/mol. The number of aromatic nitrogens is 2. The molecule has 1 aromatic heterocycles. The number of amides is 1. The number of carbonyl (C=O) groups is 1. The lowest BCUT2D eigenvalue weighted by Gasteiger charge is -2.06. The maximum absolute atomic E-state index is 12.8. The van der Waals surface area contributed by atoms with Crippen LogP contribution >= 0.6 is 11.8 Å².